The predicted octanol–water partition coefficient (Wildman–Crippen LogP) is 5.58. The number of nitrogens with two attached hydrogens (primary N) is 1. The maximum absolute atomic E-state index is 11.8. The molecule has 1 fully saturated rings. The molecule has 0 atom stereocenters. The number of fused-ring (bicyclic) bond motifs is 1. The lowest BCUT2D eigenvalue weighted by Gasteiger charge is -2.19. The highest BCUT2D eigenvalue weighted by atomic mass is 16.5. The molecule has 0 spiro atoms. The minimum atomic E-state index is -0.460. The van der Waals surface area contributed by atoms with Gasteiger partial charge in [-0.15, -0.1) is 0 Å². The number of carbonyl (C=O) groups excluding carboxylic acids is 1. The molecule has 0 unspecified atom stereocenters. The van der Waals surface area contributed by atoms with Crippen molar-refractivity contribution in [1.82, 2.24) is 4.57 Å². The number of nitrogens with zero attached hydrogens (tertiary/aromatic N) is 1. The Morgan fingerprint density at radius 2 is 2.00 bits per heavy atom. The van der Waals surface area contributed by atoms with Crippen LogP contribution in [0.3, 0.4) is 0 Å². The maximum Gasteiger partial charge on any atom is 0.411 e. The molecular formula is C23H27N3O3. The van der Waals surface area contributed by atoms with Crippen molar-refractivity contribution in [2.24, 2.45) is 0 Å². The highest BCUT2D eigenvalue weighted by Crippen LogP contribution is 2.44. The Kier molecular flexibility index (Phi) is 5.34. The first-order valence-corrected chi connectivity index (χ1v) is 10.1. The Bertz CT molecular complexity index is 1040. The van der Waals surface area contributed by atoms with E-state index in [9.17, 15) is 4.79 Å². The zero-order valence-corrected chi connectivity index (χ0v) is 16.9. The molecule has 1 aromatic heterocycles. The summed E-state index contributed by atoms with van der Waals surface area (Å²) in [5, 5.41) is 3.81. The van der Waals surface area contributed by atoms with E-state index >= 15 is 0 Å². The van der Waals surface area contributed by atoms with E-state index in [4.69, 9.17) is 15.2 Å². The molecule has 2 aromatic carbocycles. The van der Waals surface area contributed by atoms with Gasteiger partial charge in [0.2, 0.25) is 0 Å². The number of carbonyl (C=O) groups is 1. The second kappa shape index (κ2) is 8.07. The molecule has 6 heteroatoms. The molecule has 0 bridgehead atoms. The molecule has 29 heavy (non-hydrogen) atoms. The summed E-state index contributed by atoms with van der Waals surface area (Å²) in [7, 11) is 1.68. The van der Waals surface area contributed by atoms with Crippen LogP contribution in [0, 0.1) is 0 Å². The lowest BCUT2D eigenvalue weighted by Crippen LogP contribution is -2.13. The number of hydrogen-bond acceptors (Lipinski definition) is 4. The Labute approximate surface area is 170 Å². The van der Waals surface area contributed by atoms with Crippen LogP contribution in [0.2, 0.25) is 0 Å². The van der Waals surface area contributed by atoms with Crippen molar-refractivity contribution < 1.29 is 14.3 Å². The Morgan fingerprint density at radius 3 is 2.72 bits per heavy atom. The van der Waals surface area contributed by atoms with Gasteiger partial charge in [-0.1, -0.05) is 25.0 Å². The Hall–Kier alpha value is -3.15. The van der Waals surface area contributed by atoms with Gasteiger partial charge in [0.25, 0.3) is 0 Å². The largest absolute Gasteiger partial charge is 0.497 e. The second-order valence-electron chi connectivity index (χ2n) is 7.38. The van der Waals surface area contributed by atoms with Crippen molar-refractivity contribution >= 4 is 28.4 Å². The zero-order chi connectivity index (χ0) is 20.4. The van der Waals surface area contributed by atoms with Crippen LogP contribution in [-0.2, 0) is 4.74 Å². The number of anilines is 2. The van der Waals surface area contributed by atoms with Gasteiger partial charge in [-0.2, -0.15) is 0 Å². The smallest absolute Gasteiger partial charge is 0.411 e. The fourth-order valence-electron chi connectivity index (χ4n) is 4.31. The predicted molar refractivity (Wildman–Crippen MR) is 116 cm³/mol. The molecule has 0 saturated heterocycles. The van der Waals surface area contributed by atoms with Gasteiger partial charge in [-0.3, -0.25) is 5.32 Å². The van der Waals surface area contributed by atoms with E-state index in [1.807, 2.05) is 36.4 Å². The number of rotatable bonds is 5. The molecule has 0 radical (unpaired) electrons. The van der Waals surface area contributed by atoms with Crippen LogP contribution in [0.4, 0.5) is 16.2 Å². The van der Waals surface area contributed by atoms with Crippen LogP contribution >= 0.6 is 0 Å². The van der Waals surface area contributed by atoms with Crippen molar-refractivity contribution in [3.05, 3.63) is 42.5 Å². The monoisotopic (exact) mass is 393 g/mol. The third-order valence-corrected chi connectivity index (χ3v) is 5.60. The summed E-state index contributed by atoms with van der Waals surface area (Å²) in [6, 6.07) is 14.2. The molecule has 1 saturated carbocycles. The first kappa shape index (κ1) is 19.2. The third-order valence-electron chi connectivity index (χ3n) is 5.60. The first-order chi connectivity index (χ1) is 14.1. The molecular weight excluding hydrogens is 366 g/mol. The van der Waals surface area contributed by atoms with Crippen molar-refractivity contribution in [3.63, 3.8) is 0 Å². The molecule has 1 aliphatic rings. The lowest BCUT2D eigenvalue weighted by molar-refractivity contribution is 0.168. The van der Waals surface area contributed by atoms with E-state index < -0.39 is 6.09 Å². The summed E-state index contributed by atoms with van der Waals surface area (Å²) >= 11 is 0. The summed E-state index contributed by atoms with van der Waals surface area (Å²) in [4.78, 5) is 11.8. The number of aromatic nitrogens is 1. The summed E-state index contributed by atoms with van der Waals surface area (Å²) in [6.45, 7) is 2.11. The van der Waals surface area contributed by atoms with Crippen LogP contribution in [0.5, 0.6) is 5.75 Å². The van der Waals surface area contributed by atoms with E-state index in [0.717, 1.165) is 46.4 Å². The van der Waals surface area contributed by atoms with Crippen LogP contribution in [0.25, 0.3) is 22.2 Å². The fraction of sp³-hybridized carbons (Fsp3) is 0.348. The topological polar surface area (TPSA) is 78.5 Å². The average molecular weight is 393 g/mol. The fourth-order valence-corrected chi connectivity index (χ4v) is 4.31. The maximum atomic E-state index is 11.8. The summed E-state index contributed by atoms with van der Waals surface area (Å²) in [6.07, 6.45) is 4.25. The highest BCUT2D eigenvalue weighted by molar-refractivity contribution is 6.02. The number of hydrogen-bond donors (Lipinski definition) is 2. The molecule has 1 amide bonds. The van der Waals surface area contributed by atoms with Crippen molar-refractivity contribution in [1.29, 1.82) is 0 Å². The SMILES string of the molecule is CCOC(=O)Nc1cccc(-c2c(N)c3ccc(OC)cc3n2C2CCCC2)c1. The van der Waals surface area contributed by atoms with Crippen LogP contribution < -0.4 is 15.8 Å². The van der Waals surface area contributed by atoms with Gasteiger partial charge in [0.1, 0.15) is 5.75 Å². The van der Waals surface area contributed by atoms with Crippen LogP contribution in [-0.4, -0.2) is 24.4 Å². The Balaban J connectivity index is 1.86. The van der Waals surface area contributed by atoms with Crippen molar-refractivity contribution in [2.75, 3.05) is 24.8 Å². The van der Waals surface area contributed by atoms with E-state index in [1.165, 1.54) is 12.8 Å². The lowest BCUT2D eigenvalue weighted by atomic mass is 10.1. The van der Waals surface area contributed by atoms with E-state index in [1.54, 1.807) is 14.0 Å². The molecule has 1 aliphatic carbocycles. The Morgan fingerprint density at radius 1 is 1.21 bits per heavy atom. The highest BCUT2D eigenvalue weighted by Gasteiger charge is 2.25. The van der Waals surface area contributed by atoms with Gasteiger partial charge >= 0.3 is 6.09 Å². The van der Waals surface area contributed by atoms with E-state index in [2.05, 4.69) is 16.0 Å². The number of nitrogen functional groups attached to an aromatic ring is 1. The van der Waals surface area contributed by atoms with Gasteiger partial charge in [-0.05, 0) is 44.0 Å². The van der Waals surface area contributed by atoms with Gasteiger partial charge in [-0.25, -0.2) is 4.79 Å². The molecule has 6 nitrogen and oxygen atoms in total. The normalized spacial score (nSPS) is 14.3. The van der Waals surface area contributed by atoms with Gasteiger partial charge in [0, 0.05) is 28.7 Å². The quantitative estimate of drug-likeness (QED) is 0.593. The molecule has 3 N–H and O–H groups in total. The average Bonchev–Trinajstić information content (AvgIpc) is 3.34. The standard InChI is InChI=1S/C23H27N3O3/c1-3-29-23(27)25-16-8-6-7-15(13-16)22-21(24)19-12-11-18(28-2)14-20(19)26(22)17-9-4-5-10-17/h6-8,11-14,17H,3-5,9-10,24H2,1-2H3,(H,25,27). The second-order valence-corrected chi connectivity index (χ2v) is 7.38. The summed E-state index contributed by atoms with van der Waals surface area (Å²) in [5.41, 5.74) is 11.1. The van der Waals surface area contributed by atoms with Crippen molar-refractivity contribution in [2.45, 2.75) is 38.6 Å². The summed E-state index contributed by atoms with van der Waals surface area (Å²) < 4.78 is 12.8. The number of benzene rings is 2. The molecule has 1 heterocycles. The van der Waals surface area contributed by atoms with E-state index in [-0.39, 0.29) is 0 Å². The van der Waals surface area contributed by atoms with Crippen LogP contribution in [0.15, 0.2) is 42.5 Å². The van der Waals surface area contributed by atoms with Gasteiger partial charge in [0.15, 0.2) is 0 Å². The van der Waals surface area contributed by atoms with Gasteiger partial charge in [0.05, 0.1) is 30.6 Å². The van der Waals surface area contributed by atoms with Crippen LogP contribution in [0.1, 0.15) is 38.6 Å². The molecule has 3 aromatic rings. The van der Waals surface area contributed by atoms with E-state index in [0.29, 0.717) is 18.3 Å². The number of nitrogens with one attached hydrogen (secondary N) is 1. The van der Waals surface area contributed by atoms with Gasteiger partial charge < -0.3 is 19.8 Å². The number of ether oxygens (including phenoxy) is 2. The first-order valence-electron chi connectivity index (χ1n) is 10.1. The molecule has 0 aliphatic heterocycles. The number of amides is 1. The molecule has 4 rings (SSSR count). The minimum Gasteiger partial charge on any atom is -0.497 e. The minimum absolute atomic E-state index is 0.330. The zero-order valence-electron chi connectivity index (χ0n) is 16.9. The molecule has 152 valence electrons. The number of methoxy groups -OCH3 is 1. The summed E-state index contributed by atoms with van der Waals surface area (Å²) in [5.74, 6) is 0.818. The third kappa shape index (κ3) is 3.62. The van der Waals surface area contributed by atoms with Crippen molar-refractivity contribution in [3.8, 4) is 17.0 Å².